The summed E-state index contributed by atoms with van der Waals surface area (Å²) in [6, 6.07) is 5.62. The minimum atomic E-state index is -0.00567. The number of hydrogen-bond acceptors (Lipinski definition) is 2. The van der Waals surface area contributed by atoms with Gasteiger partial charge in [0.1, 0.15) is 0 Å². The van der Waals surface area contributed by atoms with Crippen LogP contribution >= 0.6 is 0 Å². The van der Waals surface area contributed by atoms with Crippen molar-refractivity contribution in [3.63, 3.8) is 0 Å². The van der Waals surface area contributed by atoms with Gasteiger partial charge in [0.15, 0.2) is 0 Å². The van der Waals surface area contributed by atoms with Gasteiger partial charge in [0, 0.05) is 23.8 Å². The zero-order valence-corrected chi connectivity index (χ0v) is 11.7. The summed E-state index contributed by atoms with van der Waals surface area (Å²) in [4.78, 5) is 25.7. The number of benzene rings is 1. The van der Waals surface area contributed by atoms with Gasteiger partial charge < -0.3 is 10.2 Å². The largest absolute Gasteiger partial charge is 0.336 e. The molecule has 0 spiro atoms. The van der Waals surface area contributed by atoms with Gasteiger partial charge in [0.25, 0.3) is 5.91 Å². The Kier molecular flexibility index (Phi) is 3.88. The lowest BCUT2D eigenvalue weighted by Gasteiger charge is -2.26. The molecule has 1 aromatic carbocycles. The lowest BCUT2D eigenvalue weighted by molar-refractivity contribution is -0.115. The Labute approximate surface area is 113 Å². The van der Waals surface area contributed by atoms with Crippen LogP contribution in [0.2, 0.25) is 0 Å². The molecule has 0 saturated heterocycles. The summed E-state index contributed by atoms with van der Waals surface area (Å²) in [5.74, 6) is 0.0351. The van der Waals surface area contributed by atoms with Crippen LogP contribution in [0.4, 0.5) is 5.69 Å². The fourth-order valence-corrected chi connectivity index (χ4v) is 2.36. The topological polar surface area (TPSA) is 49.4 Å². The quantitative estimate of drug-likeness (QED) is 0.904. The maximum absolute atomic E-state index is 12.5. The summed E-state index contributed by atoms with van der Waals surface area (Å²) in [6.45, 7) is 6.86. The molecule has 0 unspecified atom stereocenters. The first-order valence-electron chi connectivity index (χ1n) is 6.76. The van der Waals surface area contributed by atoms with Gasteiger partial charge >= 0.3 is 0 Å². The molecule has 0 bridgehead atoms. The number of rotatable bonds is 4. The number of carbonyl (C=O) groups is 2. The van der Waals surface area contributed by atoms with E-state index < -0.39 is 0 Å². The van der Waals surface area contributed by atoms with E-state index in [2.05, 4.69) is 12.2 Å². The normalized spacial score (nSPS) is 13.4. The van der Waals surface area contributed by atoms with E-state index in [-0.39, 0.29) is 17.9 Å². The molecule has 1 aromatic rings. The second kappa shape index (κ2) is 5.43. The van der Waals surface area contributed by atoms with Gasteiger partial charge in [0.05, 0.1) is 6.42 Å². The lowest BCUT2D eigenvalue weighted by Crippen LogP contribution is -2.37. The molecule has 2 rings (SSSR count). The first-order chi connectivity index (χ1) is 9.02. The fourth-order valence-electron chi connectivity index (χ4n) is 2.36. The molecule has 0 atom stereocenters. The van der Waals surface area contributed by atoms with Crippen molar-refractivity contribution in [3.05, 3.63) is 29.3 Å². The third kappa shape index (κ3) is 2.78. The molecule has 102 valence electrons. The van der Waals surface area contributed by atoms with Crippen LogP contribution in [0.1, 0.15) is 43.1 Å². The fraction of sp³-hybridized carbons (Fsp3) is 0.467. The Morgan fingerprint density at radius 1 is 1.42 bits per heavy atom. The lowest BCUT2D eigenvalue weighted by atomic mass is 10.1. The SMILES string of the molecule is CCCN(C(=O)c1ccc2c(c1)CC(=O)N2)C(C)C. The monoisotopic (exact) mass is 260 g/mol. The van der Waals surface area contributed by atoms with Gasteiger partial charge in [0.2, 0.25) is 5.91 Å². The van der Waals surface area contributed by atoms with E-state index in [4.69, 9.17) is 0 Å². The molecule has 4 nitrogen and oxygen atoms in total. The minimum absolute atomic E-state index is 0.00567. The van der Waals surface area contributed by atoms with Crippen molar-refractivity contribution >= 4 is 17.5 Å². The first kappa shape index (κ1) is 13.6. The third-order valence-electron chi connectivity index (χ3n) is 3.33. The van der Waals surface area contributed by atoms with Crippen LogP contribution in [0.5, 0.6) is 0 Å². The Hall–Kier alpha value is -1.84. The number of hydrogen-bond donors (Lipinski definition) is 1. The average Bonchev–Trinajstić information content (AvgIpc) is 2.73. The van der Waals surface area contributed by atoms with E-state index in [1.165, 1.54) is 0 Å². The average molecular weight is 260 g/mol. The zero-order valence-electron chi connectivity index (χ0n) is 11.7. The van der Waals surface area contributed by atoms with Gasteiger partial charge in [-0.05, 0) is 44.0 Å². The molecule has 0 aromatic heterocycles. The molecule has 4 heteroatoms. The molecule has 0 radical (unpaired) electrons. The Balaban J connectivity index is 2.24. The van der Waals surface area contributed by atoms with Crippen molar-refractivity contribution in [1.29, 1.82) is 0 Å². The number of nitrogens with one attached hydrogen (secondary N) is 1. The van der Waals surface area contributed by atoms with E-state index in [0.29, 0.717) is 12.0 Å². The summed E-state index contributed by atoms with van der Waals surface area (Å²) in [5, 5.41) is 2.78. The highest BCUT2D eigenvalue weighted by Gasteiger charge is 2.22. The molecule has 1 N–H and O–H groups in total. The van der Waals surface area contributed by atoms with Crippen molar-refractivity contribution in [1.82, 2.24) is 4.90 Å². The van der Waals surface area contributed by atoms with Gasteiger partial charge in [-0.3, -0.25) is 9.59 Å². The highest BCUT2D eigenvalue weighted by molar-refractivity contribution is 6.01. The Bertz CT molecular complexity index is 509. The van der Waals surface area contributed by atoms with Gasteiger partial charge in [-0.2, -0.15) is 0 Å². The van der Waals surface area contributed by atoms with Crippen LogP contribution in [0, 0.1) is 0 Å². The highest BCUT2D eigenvalue weighted by Crippen LogP contribution is 2.24. The van der Waals surface area contributed by atoms with Crippen LogP contribution in [0.15, 0.2) is 18.2 Å². The van der Waals surface area contributed by atoms with Crippen LogP contribution in [0.25, 0.3) is 0 Å². The third-order valence-corrected chi connectivity index (χ3v) is 3.33. The number of fused-ring (bicyclic) bond motifs is 1. The van der Waals surface area contributed by atoms with Crippen molar-refractivity contribution in [2.45, 2.75) is 39.7 Å². The molecule has 1 heterocycles. The first-order valence-corrected chi connectivity index (χ1v) is 6.76. The second-order valence-electron chi connectivity index (χ2n) is 5.19. The summed E-state index contributed by atoms with van der Waals surface area (Å²) < 4.78 is 0. The molecule has 0 saturated carbocycles. The standard InChI is InChI=1S/C15H20N2O2/c1-4-7-17(10(2)3)15(19)11-5-6-13-12(8-11)9-14(18)16-13/h5-6,8,10H,4,7,9H2,1-3H3,(H,16,18). The minimum Gasteiger partial charge on any atom is -0.336 e. The van der Waals surface area contributed by atoms with Crippen molar-refractivity contribution < 1.29 is 9.59 Å². The number of amides is 2. The molecule has 0 fully saturated rings. The van der Waals surface area contributed by atoms with Crippen LogP contribution in [-0.2, 0) is 11.2 Å². The van der Waals surface area contributed by atoms with Crippen LogP contribution in [0.3, 0.4) is 0 Å². The van der Waals surface area contributed by atoms with E-state index >= 15 is 0 Å². The Morgan fingerprint density at radius 2 is 2.16 bits per heavy atom. The van der Waals surface area contributed by atoms with E-state index in [1.54, 1.807) is 6.07 Å². The number of carbonyl (C=O) groups excluding carboxylic acids is 2. The summed E-state index contributed by atoms with van der Waals surface area (Å²) in [5.41, 5.74) is 2.40. The molecule has 2 amide bonds. The van der Waals surface area contributed by atoms with Gasteiger partial charge in [-0.15, -0.1) is 0 Å². The molecule has 1 aliphatic rings. The predicted molar refractivity (Wildman–Crippen MR) is 75.2 cm³/mol. The summed E-state index contributed by atoms with van der Waals surface area (Å²) >= 11 is 0. The highest BCUT2D eigenvalue weighted by atomic mass is 16.2. The van der Waals surface area contributed by atoms with Crippen LogP contribution in [-0.4, -0.2) is 29.3 Å². The Morgan fingerprint density at radius 3 is 2.79 bits per heavy atom. The number of nitrogens with zero attached hydrogens (tertiary/aromatic N) is 1. The maximum Gasteiger partial charge on any atom is 0.254 e. The molecule has 19 heavy (non-hydrogen) atoms. The van der Waals surface area contributed by atoms with E-state index in [9.17, 15) is 9.59 Å². The smallest absolute Gasteiger partial charge is 0.254 e. The van der Waals surface area contributed by atoms with E-state index in [0.717, 1.165) is 24.2 Å². The van der Waals surface area contributed by atoms with Crippen molar-refractivity contribution in [2.75, 3.05) is 11.9 Å². The van der Waals surface area contributed by atoms with Crippen molar-refractivity contribution in [2.24, 2.45) is 0 Å². The van der Waals surface area contributed by atoms with Gasteiger partial charge in [-0.1, -0.05) is 6.92 Å². The summed E-state index contributed by atoms with van der Waals surface area (Å²) in [7, 11) is 0. The summed E-state index contributed by atoms with van der Waals surface area (Å²) in [6.07, 6.45) is 1.31. The molecule has 1 aliphatic heterocycles. The predicted octanol–water partition coefficient (Wildman–Crippen LogP) is 2.44. The zero-order chi connectivity index (χ0) is 14.0. The maximum atomic E-state index is 12.5. The van der Waals surface area contributed by atoms with Gasteiger partial charge in [-0.25, -0.2) is 0 Å². The molecular weight excluding hydrogens is 240 g/mol. The second-order valence-corrected chi connectivity index (χ2v) is 5.19. The van der Waals surface area contributed by atoms with E-state index in [1.807, 2.05) is 30.9 Å². The number of anilines is 1. The molecular formula is C15H20N2O2. The molecule has 0 aliphatic carbocycles. The van der Waals surface area contributed by atoms with Crippen molar-refractivity contribution in [3.8, 4) is 0 Å². The van der Waals surface area contributed by atoms with Crippen LogP contribution < -0.4 is 5.32 Å².